The molecule has 0 fully saturated rings. The summed E-state index contributed by atoms with van der Waals surface area (Å²) in [5, 5.41) is 3.91. The van der Waals surface area contributed by atoms with Gasteiger partial charge in [0.1, 0.15) is 0 Å². The van der Waals surface area contributed by atoms with Gasteiger partial charge in [-0.25, -0.2) is 13.1 Å². The second kappa shape index (κ2) is 10.9. The number of aryl methyl sites for hydroxylation is 1. The Morgan fingerprint density at radius 3 is 2.44 bits per heavy atom. The van der Waals surface area contributed by atoms with Gasteiger partial charge in [-0.1, -0.05) is 48.0 Å². The first-order valence-corrected chi connectivity index (χ1v) is 11.2. The van der Waals surface area contributed by atoms with E-state index in [4.69, 9.17) is 0 Å². The van der Waals surface area contributed by atoms with Gasteiger partial charge in [-0.15, -0.1) is 11.8 Å². The number of amides is 1. The van der Waals surface area contributed by atoms with Crippen LogP contribution in [0.3, 0.4) is 0 Å². The predicted octanol–water partition coefficient (Wildman–Crippen LogP) is 3.18. The fourth-order valence-electron chi connectivity index (χ4n) is 2.17. The van der Waals surface area contributed by atoms with Gasteiger partial charge in [-0.2, -0.15) is 0 Å². The van der Waals surface area contributed by atoms with E-state index in [0.717, 1.165) is 27.2 Å². The van der Waals surface area contributed by atoms with Crippen LogP contribution in [-0.2, 0) is 14.8 Å². The summed E-state index contributed by atoms with van der Waals surface area (Å²) >= 11 is 1.66. The van der Waals surface area contributed by atoms with Crippen molar-refractivity contribution in [2.75, 3.05) is 18.8 Å². The summed E-state index contributed by atoms with van der Waals surface area (Å²) in [4.78, 5) is 12.9. The summed E-state index contributed by atoms with van der Waals surface area (Å²) < 4.78 is 26.3. The summed E-state index contributed by atoms with van der Waals surface area (Å²) in [7, 11) is -3.56. The van der Waals surface area contributed by atoms with Crippen LogP contribution in [0.2, 0.25) is 0 Å². The van der Waals surface area contributed by atoms with Gasteiger partial charge in [0, 0.05) is 35.6 Å². The molecule has 0 radical (unpaired) electrons. The zero-order chi connectivity index (χ0) is 19.5. The highest BCUT2D eigenvalue weighted by Gasteiger charge is 2.07. The van der Waals surface area contributed by atoms with Crippen molar-refractivity contribution >= 4 is 33.8 Å². The summed E-state index contributed by atoms with van der Waals surface area (Å²) in [6, 6.07) is 17.5. The molecule has 0 aromatic heterocycles. The van der Waals surface area contributed by atoms with Gasteiger partial charge < -0.3 is 5.32 Å². The first kappa shape index (κ1) is 21.2. The summed E-state index contributed by atoms with van der Waals surface area (Å²) in [5.41, 5.74) is 1.92. The third-order valence-corrected chi connectivity index (χ3v) is 5.72. The van der Waals surface area contributed by atoms with Crippen molar-refractivity contribution in [1.29, 1.82) is 0 Å². The van der Waals surface area contributed by atoms with Crippen LogP contribution in [0.1, 0.15) is 17.5 Å². The standard InChI is InChI=1S/C20H24N2O3S2/c1-17-7-9-18(10-8-17)12-16-27(24,25)22-13-11-20(23)21-14-15-26-19-5-3-2-4-6-19/h2-10,12,16,22H,11,13-15H2,1H3,(H,21,23)/b16-12+. The van der Waals surface area contributed by atoms with E-state index in [9.17, 15) is 13.2 Å². The number of hydrogen-bond donors (Lipinski definition) is 2. The zero-order valence-electron chi connectivity index (χ0n) is 15.2. The van der Waals surface area contributed by atoms with Gasteiger partial charge >= 0.3 is 0 Å². The van der Waals surface area contributed by atoms with Crippen molar-refractivity contribution < 1.29 is 13.2 Å². The molecule has 0 bridgehead atoms. The fourth-order valence-corrected chi connectivity index (χ4v) is 3.77. The largest absolute Gasteiger partial charge is 0.355 e. The van der Waals surface area contributed by atoms with E-state index in [1.807, 2.05) is 61.5 Å². The molecule has 2 aromatic carbocycles. The van der Waals surface area contributed by atoms with Crippen LogP contribution >= 0.6 is 11.8 Å². The highest BCUT2D eigenvalue weighted by molar-refractivity contribution is 7.99. The van der Waals surface area contributed by atoms with E-state index in [1.165, 1.54) is 6.08 Å². The number of sulfonamides is 1. The Balaban J connectivity index is 1.63. The molecule has 144 valence electrons. The van der Waals surface area contributed by atoms with Gasteiger partial charge in [0.2, 0.25) is 15.9 Å². The molecule has 0 unspecified atom stereocenters. The van der Waals surface area contributed by atoms with Crippen molar-refractivity contribution in [3.05, 3.63) is 71.1 Å². The Morgan fingerprint density at radius 2 is 1.74 bits per heavy atom. The second-order valence-electron chi connectivity index (χ2n) is 5.91. The number of benzene rings is 2. The quantitative estimate of drug-likeness (QED) is 0.471. The third-order valence-electron chi connectivity index (χ3n) is 3.61. The predicted molar refractivity (Wildman–Crippen MR) is 112 cm³/mol. The van der Waals surface area contributed by atoms with Gasteiger partial charge in [-0.3, -0.25) is 4.79 Å². The lowest BCUT2D eigenvalue weighted by Gasteiger charge is -2.06. The maximum absolute atomic E-state index is 11.9. The number of nitrogens with one attached hydrogen (secondary N) is 2. The van der Waals surface area contributed by atoms with Crippen molar-refractivity contribution in [1.82, 2.24) is 10.0 Å². The lowest BCUT2D eigenvalue weighted by Crippen LogP contribution is -2.31. The van der Waals surface area contributed by atoms with Gasteiger partial charge in [-0.05, 0) is 30.7 Å². The van der Waals surface area contributed by atoms with E-state index in [2.05, 4.69) is 10.0 Å². The lowest BCUT2D eigenvalue weighted by atomic mass is 10.2. The lowest BCUT2D eigenvalue weighted by molar-refractivity contribution is -0.120. The number of hydrogen-bond acceptors (Lipinski definition) is 4. The van der Waals surface area contributed by atoms with Crippen molar-refractivity contribution in [2.45, 2.75) is 18.2 Å². The fraction of sp³-hybridized carbons (Fsp3) is 0.250. The first-order valence-electron chi connectivity index (χ1n) is 8.63. The first-order chi connectivity index (χ1) is 12.9. The molecule has 2 aromatic rings. The highest BCUT2D eigenvalue weighted by Crippen LogP contribution is 2.15. The molecule has 0 aliphatic heterocycles. The maximum atomic E-state index is 11.9. The van der Waals surface area contributed by atoms with Crippen LogP contribution in [-0.4, -0.2) is 33.2 Å². The molecule has 0 heterocycles. The Kier molecular flexibility index (Phi) is 8.57. The maximum Gasteiger partial charge on any atom is 0.233 e. The molecule has 2 rings (SSSR count). The van der Waals surface area contributed by atoms with Crippen LogP contribution in [0, 0.1) is 6.92 Å². The van der Waals surface area contributed by atoms with Crippen molar-refractivity contribution in [3.63, 3.8) is 0 Å². The number of carbonyl (C=O) groups excluding carboxylic acids is 1. The average Bonchev–Trinajstić information content (AvgIpc) is 2.65. The van der Waals surface area contributed by atoms with Crippen LogP contribution in [0.5, 0.6) is 0 Å². The molecule has 0 saturated carbocycles. The molecule has 5 nitrogen and oxygen atoms in total. The van der Waals surface area contributed by atoms with Crippen LogP contribution in [0.25, 0.3) is 6.08 Å². The van der Waals surface area contributed by atoms with Gasteiger partial charge in [0.25, 0.3) is 0 Å². The summed E-state index contributed by atoms with van der Waals surface area (Å²) in [6.07, 6.45) is 1.64. The molecule has 2 N–H and O–H groups in total. The zero-order valence-corrected chi connectivity index (χ0v) is 16.9. The van der Waals surface area contributed by atoms with Gasteiger partial charge in [0.15, 0.2) is 0 Å². The Bertz CT molecular complexity index is 849. The van der Waals surface area contributed by atoms with Crippen molar-refractivity contribution in [2.24, 2.45) is 0 Å². The average molecular weight is 405 g/mol. The molecule has 1 amide bonds. The van der Waals surface area contributed by atoms with E-state index in [-0.39, 0.29) is 18.9 Å². The van der Waals surface area contributed by atoms with Crippen LogP contribution in [0.15, 0.2) is 64.9 Å². The minimum atomic E-state index is -3.56. The molecule has 27 heavy (non-hydrogen) atoms. The molecular formula is C20H24N2O3S2. The molecule has 0 saturated heterocycles. The Hall–Kier alpha value is -2.09. The molecule has 0 aliphatic rings. The number of thioether (sulfide) groups is 1. The number of carbonyl (C=O) groups is 1. The topological polar surface area (TPSA) is 75.3 Å². The van der Waals surface area contributed by atoms with E-state index in [0.29, 0.717) is 6.54 Å². The highest BCUT2D eigenvalue weighted by atomic mass is 32.2. The van der Waals surface area contributed by atoms with Gasteiger partial charge in [0.05, 0.1) is 0 Å². The summed E-state index contributed by atoms with van der Waals surface area (Å²) in [5.74, 6) is 0.592. The minimum Gasteiger partial charge on any atom is -0.355 e. The van der Waals surface area contributed by atoms with Crippen LogP contribution in [0.4, 0.5) is 0 Å². The Labute approximate surface area is 165 Å². The molecule has 0 atom stereocenters. The smallest absolute Gasteiger partial charge is 0.233 e. The van der Waals surface area contributed by atoms with E-state index < -0.39 is 10.0 Å². The monoisotopic (exact) mass is 404 g/mol. The third kappa shape index (κ3) is 8.90. The summed E-state index contributed by atoms with van der Waals surface area (Å²) in [6.45, 7) is 2.58. The molecule has 7 heteroatoms. The molecule has 0 aliphatic carbocycles. The van der Waals surface area contributed by atoms with E-state index >= 15 is 0 Å². The number of rotatable bonds is 10. The van der Waals surface area contributed by atoms with E-state index in [1.54, 1.807) is 11.8 Å². The minimum absolute atomic E-state index is 0.0677. The Morgan fingerprint density at radius 1 is 1.04 bits per heavy atom. The molecular weight excluding hydrogens is 380 g/mol. The van der Waals surface area contributed by atoms with Crippen molar-refractivity contribution in [3.8, 4) is 0 Å². The molecule has 0 spiro atoms. The second-order valence-corrected chi connectivity index (χ2v) is 8.73. The SMILES string of the molecule is Cc1ccc(/C=C/S(=O)(=O)NCCC(=O)NCCSc2ccccc2)cc1. The van der Waals surface area contributed by atoms with Crippen LogP contribution < -0.4 is 10.0 Å². The normalized spacial score (nSPS) is 11.6.